The Morgan fingerprint density at radius 2 is 0.899 bits per heavy atom. The van der Waals surface area contributed by atoms with Crippen molar-refractivity contribution in [3.63, 3.8) is 0 Å². The van der Waals surface area contributed by atoms with E-state index in [1.807, 2.05) is 54.6 Å². The lowest BCUT2D eigenvalue weighted by Gasteiger charge is -2.29. The molecule has 3 aromatic heterocycles. The summed E-state index contributed by atoms with van der Waals surface area (Å²) in [6.07, 6.45) is 14.4. The Labute approximate surface area is 472 Å². The number of halogens is 2. The first-order valence-corrected chi connectivity index (χ1v) is 27.7. The molecule has 0 radical (unpaired) electrons. The Morgan fingerprint density at radius 3 is 1.29 bits per heavy atom. The van der Waals surface area contributed by atoms with Crippen LogP contribution in [0.25, 0.3) is 0 Å². The third-order valence-corrected chi connectivity index (χ3v) is 14.4. The van der Waals surface area contributed by atoms with Crippen LogP contribution < -0.4 is 53.2 Å². The number of nitrogens with two attached hydrogens (primary N) is 3. The van der Waals surface area contributed by atoms with Crippen molar-refractivity contribution in [1.82, 2.24) is 15.0 Å². The highest BCUT2D eigenvalue weighted by molar-refractivity contribution is 6.30. The summed E-state index contributed by atoms with van der Waals surface area (Å²) in [5, 5.41) is 22.9. The van der Waals surface area contributed by atoms with Crippen LogP contribution in [0.4, 0.5) is 57.0 Å². The number of anilines is 10. The summed E-state index contributed by atoms with van der Waals surface area (Å²) >= 11 is 11.8. The molecule has 3 saturated heterocycles. The fraction of sp³-hybridized carbons (Fsp3) is 0.379. The van der Waals surface area contributed by atoms with Crippen molar-refractivity contribution < 1.29 is 23.8 Å². The smallest absolute Gasteiger partial charge is 0.252 e. The molecule has 416 valence electrons. The van der Waals surface area contributed by atoms with Crippen molar-refractivity contribution in [3.8, 4) is 6.07 Å². The number of ether oxygens (including phenoxy) is 3. The van der Waals surface area contributed by atoms with Gasteiger partial charge in [0.2, 0.25) is 0 Å². The van der Waals surface area contributed by atoms with E-state index >= 15 is 0 Å². The Balaban J connectivity index is 0.000000149. The number of pyridine rings is 3. The number of nitriles is 1. The summed E-state index contributed by atoms with van der Waals surface area (Å²) in [5.74, 6) is -0.279. The van der Waals surface area contributed by atoms with E-state index < -0.39 is 11.8 Å². The number of primary amides is 2. The van der Waals surface area contributed by atoms with Gasteiger partial charge in [0.1, 0.15) is 22.2 Å². The van der Waals surface area contributed by atoms with Gasteiger partial charge in [0.25, 0.3) is 11.8 Å². The van der Waals surface area contributed by atoms with Gasteiger partial charge in [-0.1, -0.05) is 48.9 Å². The van der Waals surface area contributed by atoms with Gasteiger partial charge in [-0.05, 0) is 105 Å². The molecule has 5 aliphatic rings. The molecule has 19 nitrogen and oxygen atoms in total. The Hall–Kier alpha value is -7.44. The normalized spacial score (nSPS) is 16.4. The first-order chi connectivity index (χ1) is 38.5. The summed E-state index contributed by atoms with van der Waals surface area (Å²) in [4.78, 5) is 42.3. The number of aromatic nitrogens is 3. The van der Waals surface area contributed by atoms with Gasteiger partial charge in [-0.2, -0.15) is 5.26 Å². The highest BCUT2D eigenvalue weighted by atomic mass is 35.5. The van der Waals surface area contributed by atoms with E-state index in [2.05, 4.69) is 81.3 Å². The number of benzene rings is 3. The lowest BCUT2D eigenvalue weighted by atomic mass is 10.2. The van der Waals surface area contributed by atoms with E-state index in [0.29, 0.717) is 56.1 Å². The van der Waals surface area contributed by atoms with Gasteiger partial charge < -0.3 is 67.4 Å². The lowest BCUT2D eigenvalue weighted by molar-refractivity contribution is 0.0992. The summed E-state index contributed by atoms with van der Waals surface area (Å²) in [7, 11) is 0. The molecule has 5 fully saturated rings. The zero-order valence-electron chi connectivity index (χ0n) is 44.3. The molecule has 6 heterocycles. The van der Waals surface area contributed by atoms with Crippen LogP contribution >= 0.6 is 23.2 Å². The molecule has 11 rings (SSSR count). The average molecular weight is 1110 g/mol. The molecule has 0 bridgehead atoms. The first-order valence-electron chi connectivity index (χ1n) is 26.9. The fourth-order valence-electron chi connectivity index (χ4n) is 9.62. The quantitative estimate of drug-likeness (QED) is 0.0531. The molecule has 0 atom stereocenters. The monoisotopic (exact) mass is 1110 g/mol. The predicted molar refractivity (Wildman–Crippen MR) is 315 cm³/mol. The maximum Gasteiger partial charge on any atom is 0.252 e. The van der Waals surface area contributed by atoms with E-state index in [1.54, 1.807) is 18.3 Å². The van der Waals surface area contributed by atoms with E-state index in [0.717, 1.165) is 120 Å². The van der Waals surface area contributed by atoms with Gasteiger partial charge in [-0.15, -0.1) is 0 Å². The molecule has 10 N–H and O–H groups in total. The first kappa shape index (κ1) is 57.7. The largest absolute Gasteiger partial charge is 0.378 e. The summed E-state index contributed by atoms with van der Waals surface area (Å²) in [6.45, 7) is 9.94. The highest BCUT2D eigenvalue weighted by Gasteiger charge is 2.19. The number of rotatable bonds is 13. The number of nitrogens with one attached hydrogen (secondary N) is 4. The number of hydrogen-bond acceptors (Lipinski definition) is 17. The van der Waals surface area contributed by atoms with Crippen LogP contribution in [-0.2, 0) is 14.2 Å². The summed E-state index contributed by atoms with van der Waals surface area (Å²) in [6, 6.07) is 32.4. The van der Waals surface area contributed by atoms with Crippen LogP contribution in [0, 0.1) is 11.3 Å². The van der Waals surface area contributed by atoms with Gasteiger partial charge >= 0.3 is 0 Å². The van der Waals surface area contributed by atoms with Gasteiger partial charge in [-0.3, -0.25) is 9.59 Å². The molecule has 79 heavy (non-hydrogen) atoms. The average Bonchev–Trinajstić information content (AvgIpc) is 4.20. The van der Waals surface area contributed by atoms with Crippen molar-refractivity contribution in [3.05, 3.63) is 137 Å². The molecule has 3 aliphatic heterocycles. The SMILES string of the molecule is N#Cc1cnc(Cl)cc1Nc1ccc(N2CCOCC2)cc1.NC(=O)c1cnc(Cl)cc1Nc1ccc(N2CCOCC2)cc1.NC(=O)c1cnc(NC2CCCC2)cc1Nc1ccc(N2CCOCC2)cc1.NC1CCCC1. The second-order valence-electron chi connectivity index (χ2n) is 19.5. The van der Waals surface area contributed by atoms with E-state index in [1.165, 1.54) is 62.3 Å². The van der Waals surface area contributed by atoms with Crippen molar-refractivity contribution in [2.75, 3.05) is 115 Å². The second-order valence-corrected chi connectivity index (χ2v) is 20.3. The maximum atomic E-state index is 11.8. The predicted octanol–water partition coefficient (Wildman–Crippen LogP) is 9.60. The topological polar surface area (TPSA) is 260 Å². The van der Waals surface area contributed by atoms with E-state index in [-0.39, 0.29) is 0 Å². The molecule has 0 spiro atoms. The van der Waals surface area contributed by atoms with Crippen LogP contribution in [0.1, 0.15) is 77.6 Å². The third-order valence-electron chi connectivity index (χ3n) is 14.0. The summed E-state index contributed by atoms with van der Waals surface area (Å²) < 4.78 is 16.1. The van der Waals surface area contributed by atoms with Crippen molar-refractivity contribution in [2.24, 2.45) is 17.2 Å². The van der Waals surface area contributed by atoms with E-state index in [4.69, 9.17) is 59.9 Å². The minimum Gasteiger partial charge on any atom is -0.378 e. The number of amides is 2. The lowest BCUT2D eigenvalue weighted by Crippen LogP contribution is -2.36. The van der Waals surface area contributed by atoms with Crippen LogP contribution in [0.15, 0.2) is 110 Å². The number of morpholine rings is 3. The zero-order chi connectivity index (χ0) is 55.3. The van der Waals surface area contributed by atoms with E-state index in [9.17, 15) is 9.59 Å². The number of carbonyl (C=O) groups is 2. The van der Waals surface area contributed by atoms with Crippen LogP contribution in [-0.4, -0.2) is 118 Å². The van der Waals surface area contributed by atoms with Crippen molar-refractivity contribution >= 4 is 92.0 Å². The fourth-order valence-corrected chi connectivity index (χ4v) is 9.94. The van der Waals surface area contributed by atoms with Gasteiger partial charge in [0, 0.05) is 116 Å². The van der Waals surface area contributed by atoms with Gasteiger partial charge in [-0.25, -0.2) is 15.0 Å². The zero-order valence-corrected chi connectivity index (χ0v) is 45.9. The highest BCUT2D eigenvalue weighted by Crippen LogP contribution is 2.30. The Bertz CT molecular complexity index is 2940. The number of hydrogen-bond donors (Lipinski definition) is 7. The minimum atomic E-state index is -0.554. The molecule has 2 amide bonds. The molecular formula is C58H70Cl2N14O5. The third kappa shape index (κ3) is 17.5. The second kappa shape index (κ2) is 29.5. The molecular weight excluding hydrogens is 1040 g/mol. The molecule has 3 aromatic carbocycles. The van der Waals surface area contributed by atoms with Crippen LogP contribution in [0.5, 0.6) is 0 Å². The maximum absolute atomic E-state index is 11.8. The summed E-state index contributed by atoms with van der Waals surface area (Å²) in [5.41, 5.74) is 25.6. The molecule has 0 unspecified atom stereocenters. The van der Waals surface area contributed by atoms with Gasteiger partial charge in [0.15, 0.2) is 0 Å². The van der Waals surface area contributed by atoms with Crippen LogP contribution in [0.3, 0.4) is 0 Å². The minimum absolute atomic E-state index is 0.294. The van der Waals surface area contributed by atoms with Crippen molar-refractivity contribution in [1.29, 1.82) is 5.26 Å². The Morgan fingerprint density at radius 1 is 0.532 bits per heavy atom. The van der Waals surface area contributed by atoms with Crippen molar-refractivity contribution in [2.45, 2.75) is 63.5 Å². The molecule has 2 saturated carbocycles. The number of nitrogens with zero attached hydrogens (tertiary/aromatic N) is 7. The van der Waals surface area contributed by atoms with Gasteiger partial charge in [0.05, 0.1) is 73.4 Å². The number of carbonyl (C=O) groups excluding carboxylic acids is 2. The van der Waals surface area contributed by atoms with Crippen LogP contribution in [0.2, 0.25) is 10.3 Å². The standard InChI is InChI=1S/C21H27N5O2.C16H17ClN4O2.C16H15ClN4O.C5H11N/c22-21(27)18-14-23-20(25-15-3-1-2-4-15)13-19(18)24-16-5-7-17(8-6-16)26-9-11-28-12-10-26;17-15-9-14(13(10-19-15)16(18)22)20-11-1-3-12(4-2-11)21-5-7-23-8-6-21;17-16-9-15(12(10-18)11-19-16)20-13-1-3-14(4-2-13)21-5-7-22-8-6-21;6-5-3-1-2-4-5/h5-8,13-15H,1-4,9-12H2,(H2,22,27)(H2,23,24,25);1-4,9-10H,5-8H2,(H2,18,22)(H,19,20);1-4,9,11H,5-8H2,(H,19,20);5H,1-4,6H2. The molecule has 21 heteroatoms. The molecule has 2 aliphatic carbocycles. The molecule has 6 aromatic rings. The Kier molecular flexibility index (Phi) is 21.6.